The lowest BCUT2D eigenvalue weighted by Crippen LogP contribution is -2.17. The van der Waals surface area contributed by atoms with Crippen molar-refractivity contribution in [1.82, 2.24) is 4.98 Å². The fraction of sp³-hybridized carbons (Fsp3) is 0.0526. The Hall–Kier alpha value is -3.23. The third kappa shape index (κ3) is 4.54. The molecule has 7 nitrogen and oxygen atoms in total. The van der Waals surface area contributed by atoms with E-state index in [0.29, 0.717) is 32.8 Å². The zero-order valence-electron chi connectivity index (χ0n) is 14.8. The Morgan fingerprint density at radius 3 is 2.39 bits per heavy atom. The van der Waals surface area contributed by atoms with Crippen molar-refractivity contribution in [1.29, 1.82) is 0 Å². The molecule has 9 heteroatoms. The van der Waals surface area contributed by atoms with E-state index in [2.05, 4.69) is 20.6 Å². The second kappa shape index (κ2) is 8.64. The number of aromatic nitrogens is 1. The molecule has 0 fully saturated rings. The summed E-state index contributed by atoms with van der Waals surface area (Å²) < 4.78 is 0. The topological polar surface area (TPSA) is 109 Å². The van der Waals surface area contributed by atoms with Gasteiger partial charge in [-0.25, -0.2) is 4.98 Å². The van der Waals surface area contributed by atoms with E-state index in [1.165, 1.54) is 17.5 Å². The minimum atomic E-state index is -0.373. The number of benzene rings is 1. The van der Waals surface area contributed by atoms with Gasteiger partial charge in [0.25, 0.3) is 11.8 Å². The Labute approximate surface area is 170 Å². The molecule has 2 heterocycles. The number of amidine groups is 1. The first-order valence-corrected chi connectivity index (χ1v) is 9.38. The molecule has 28 heavy (non-hydrogen) atoms. The molecule has 0 saturated heterocycles. The van der Waals surface area contributed by atoms with Crippen LogP contribution in [0.5, 0.6) is 0 Å². The first kappa shape index (κ1) is 19.5. The first-order valence-electron chi connectivity index (χ1n) is 8.12. The minimum Gasteiger partial charge on any atom is -0.384 e. The highest BCUT2D eigenvalue weighted by Gasteiger charge is 2.17. The van der Waals surface area contributed by atoms with Crippen molar-refractivity contribution in [2.45, 2.75) is 0 Å². The summed E-state index contributed by atoms with van der Waals surface area (Å²) in [4.78, 5) is 33.3. The standard InChI is InChI=1S/C19H16ClN5O2S/c1-22-17(21)11-2-4-12(5-3-11)18(26)24-14-8-9-28-16(14)19(27)25-15-7-6-13(20)10-23-15/h2-10H,1H3,(H2,21,22)(H,24,26)(H,23,25,27). The van der Waals surface area contributed by atoms with E-state index in [9.17, 15) is 9.59 Å². The highest BCUT2D eigenvalue weighted by Crippen LogP contribution is 2.24. The van der Waals surface area contributed by atoms with Gasteiger partial charge in [-0.1, -0.05) is 23.7 Å². The Morgan fingerprint density at radius 1 is 1.04 bits per heavy atom. The van der Waals surface area contributed by atoms with Crippen LogP contribution in [-0.2, 0) is 0 Å². The molecule has 4 N–H and O–H groups in total. The number of thiophene rings is 1. The van der Waals surface area contributed by atoms with Gasteiger partial charge in [0.1, 0.15) is 16.5 Å². The first-order chi connectivity index (χ1) is 13.5. The summed E-state index contributed by atoms with van der Waals surface area (Å²) in [6.45, 7) is 0. The van der Waals surface area contributed by atoms with E-state index in [0.717, 1.165) is 5.56 Å². The van der Waals surface area contributed by atoms with Gasteiger partial charge in [-0.3, -0.25) is 14.6 Å². The number of nitrogens with two attached hydrogens (primary N) is 1. The lowest BCUT2D eigenvalue weighted by molar-refractivity contribution is 0.102. The third-order valence-corrected chi connectivity index (χ3v) is 4.91. The highest BCUT2D eigenvalue weighted by molar-refractivity contribution is 7.12. The normalized spacial score (nSPS) is 11.1. The molecule has 0 aliphatic rings. The summed E-state index contributed by atoms with van der Waals surface area (Å²) in [5.74, 6) is 0.0448. The number of nitrogens with zero attached hydrogens (tertiary/aromatic N) is 2. The maximum absolute atomic E-state index is 12.5. The summed E-state index contributed by atoms with van der Waals surface area (Å²) in [5.41, 5.74) is 7.33. The van der Waals surface area contributed by atoms with Crippen molar-refractivity contribution in [3.8, 4) is 0 Å². The molecule has 0 atom stereocenters. The summed E-state index contributed by atoms with van der Waals surface area (Å²) in [6.07, 6.45) is 1.44. The van der Waals surface area contributed by atoms with Crippen molar-refractivity contribution in [2.24, 2.45) is 10.7 Å². The summed E-state index contributed by atoms with van der Waals surface area (Å²) in [5, 5.41) is 7.62. The molecule has 0 aliphatic heterocycles. The Kier molecular flexibility index (Phi) is 6.03. The van der Waals surface area contributed by atoms with Crippen molar-refractivity contribution in [3.63, 3.8) is 0 Å². The van der Waals surface area contributed by atoms with Gasteiger partial charge in [0.2, 0.25) is 0 Å². The third-order valence-electron chi connectivity index (χ3n) is 3.77. The number of pyridine rings is 1. The molecule has 0 radical (unpaired) electrons. The van der Waals surface area contributed by atoms with Crippen LogP contribution < -0.4 is 16.4 Å². The lowest BCUT2D eigenvalue weighted by Gasteiger charge is -2.08. The van der Waals surface area contributed by atoms with Crippen LogP contribution in [0.3, 0.4) is 0 Å². The average Bonchev–Trinajstić information content (AvgIpc) is 3.17. The molecule has 3 aromatic rings. The van der Waals surface area contributed by atoms with E-state index < -0.39 is 0 Å². The second-order valence-electron chi connectivity index (χ2n) is 5.62. The number of aliphatic imine (C=N–C) groups is 1. The van der Waals surface area contributed by atoms with Gasteiger partial charge in [-0.2, -0.15) is 0 Å². The van der Waals surface area contributed by atoms with Crippen LogP contribution in [0.4, 0.5) is 11.5 Å². The van der Waals surface area contributed by atoms with E-state index in [4.69, 9.17) is 17.3 Å². The molecule has 0 aliphatic carbocycles. The maximum Gasteiger partial charge on any atom is 0.269 e. The lowest BCUT2D eigenvalue weighted by atomic mass is 10.1. The highest BCUT2D eigenvalue weighted by atomic mass is 35.5. The number of carbonyl (C=O) groups is 2. The number of anilines is 2. The minimum absolute atomic E-state index is 0.337. The van der Waals surface area contributed by atoms with Crippen LogP contribution in [-0.4, -0.2) is 29.7 Å². The molecular weight excluding hydrogens is 398 g/mol. The quantitative estimate of drug-likeness (QED) is 0.438. The van der Waals surface area contributed by atoms with Crippen LogP contribution >= 0.6 is 22.9 Å². The van der Waals surface area contributed by atoms with E-state index in [1.54, 1.807) is 54.9 Å². The molecular formula is C19H16ClN5O2S. The Bertz CT molecular complexity index is 1030. The van der Waals surface area contributed by atoms with Crippen LogP contribution in [0.2, 0.25) is 5.02 Å². The number of nitrogens with one attached hydrogen (secondary N) is 2. The van der Waals surface area contributed by atoms with Gasteiger partial charge in [-0.15, -0.1) is 11.3 Å². The SMILES string of the molecule is CN=C(N)c1ccc(C(=O)Nc2ccsc2C(=O)Nc2ccc(Cl)cn2)cc1. The maximum atomic E-state index is 12.5. The molecule has 2 amide bonds. The van der Waals surface area contributed by atoms with Crippen LogP contribution in [0.15, 0.2) is 59.0 Å². The van der Waals surface area contributed by atoms with Gasteiger partial charge >= 0.3 is 0 Å². The number of hydrogen-bond acceptors (Lipinski definition) is 5. The molecule has 0 bridgehead atoms. The van der Waals surface area contributed by atoms with E-state index >= 15 is 0 Å². The van der Waals surface area contributed by atoms with Crippen molar-refractivity contribution >= 4 is 52.1 Å². The molecule has 0 spiro atoms. The Morgan fingerprint density at radius 2 is 1.75 bits per heavy atom. The number of rotatable bonds is 5. The van der Waals surface area contributed by atoms with Crippen LogP contribution in [0, 0.1) is 0 Å². The molecule has 0 saturated carbocycles. The van der Waals surface area contributed by atoms with E-state index in [-0.39, 0.29) is 11.8 Å². The van der Waals surface area contributed by atoms with Crippen molar-refractivity contribution in [2.75, 3.05) is 17.7 Å². The largest absolute Gasteiger partial charge is 0.384 e. The van der Waals surface area contributed by atoms with Gasteiger partial charge in [0, 0.05) is 24.4 Å². The molecule has 142 valence electrons. The van der Waals surface area contributed by atoms with Gasteiger partial charge < -0.3 is 16.4 Å². The summed E-state index contributed by atoms with van der Waals surface area (Å²) in [7, 11) is 1.60. The summed E-state index contributed by atoms with van der Waals surface area (Å²) in [6, 6.07) is 11.6. The predicted octanol–water partition coefficient (Wildman–Crippen LogP) is 3.64. The van der Waals surface area contributed by atoms with Crippen molar-refractivity contribution in [3.05, 3.63) is 75.1 Å². The zero-order chi connectivity index (χ0) is 20.1. The number of halogens is 1. The number of hydrogen-bond donors (Lipinski definition) is 3. The molecule has 2 aromatic heterocycles. The fourth-order valence-corrected chi connectivity index (χ4v) is 3.18. The number of carbonyl (C=O) groups excluding carboxylic acids is 2. The van der Waals surface area contributed by atoms with Crippen molar-refractivity contribution < 1.29 is 9.59 Å². The summed E-state index contributed by atoms with van der Waals surface area (Å²) >= 11 is 7.00. The fourth-order valence-electron chi connectivity index (χ4n) is 2.32. The second-order valence-corrected chi connectivity index (χ2v) is 6.97. The zero-order valence-corrected chi connectivity index (χ0v) is 16.3. The smallest absolute Gasteiger partial charge is 0.269 e. The van der Waals surface area contributed by atoms with Gasteiger partial charge in [0.15, 0.2) is 0 Å². The van der Waals surface area contributed by atoms with Gasteiger partial charge in [0.05, 0.1) is 10.7 Å². The molecule has 1 aromatic carbocycles. The monoisotopic (exact) mass is 413 g/mol. The van der Waals surface area contributed by atoms with Crippen LogP contribution in [0.25, 0.3) is 0 Å². The predicted molar refractivity (Wildman–Crippen MR) is 113 cm³/mol. The Balaban J connectivity index is 1.71. The number of amides is 2. The average molecular weight is 414 g/mol. The van der Waals surface area contributed by atoms with E-state index in [1.807, 2.05) is 0 Å². The molecule has 0 unspecified atom stereocenters. The van der Waals surface area contributed by atoms with Gasteiger partial charge in [-0.05, 0) is 35.7 Å². The molecule has 3 rings (SSSR count). The van der Waals surface area contributed by atoms with Crippen LogP contribution in [0.1, 0.15) is 25.6 Å².